The summed E-state index contributed by atoms with van der Waals surface area (Å²) < 4.78 is 0. The van der Waals surface area contributed by atoms with E-state index in [0.29, 0.717) is 12.1 Å². The summed E-state index contributed by atoms with van der Waals surface area (Å²) in [6.45, 7) is 0.398. The van der Waals surface area contributed by atoms with Crippen LogP contribution in [-0.2, 0) is 0 Å². The van der Waals surface area contributed by atoms with Crippen LogP contribution in [0.4, 0.5) is 0 Å². The van der Waals surface area contributed by atoms with Gasteiger partial charge in [-0.1, -0.05) is 0 Å². The van der Waals surface area contributed by atoms with Crippen LogP contribution in [0.2, 0.25) is 0 Å². The van der Waals surface area contributed by atoms with Crippen LogP contribution in [-0.4, -0.2) is 40.8 Å². The van der Waals surface area contributed by atoms with Gasteiger partial charge in [0.1, 0.15) is 0 Å². The number of hydrogen-bond donors (Lipinski definition) is 4. The van der Waals surface area contributed by atoms with E-state index < -0.39 is 0 Å². The quantitative estimate of drug-likeness (QED) is 0.309. The summed E-state index contributed by atoms with van der Waals surface area (Å²) in [4.78, 5) is 11.4. The number of phenolic OH excluding ortho intramolecular Hbond substituents is 2. The molecule has 0 bridgehead atoms. The van der Waals surface area contributed by atoms with Crippen LogP contribution < -0.4 is 5.32 Å². The summed E-state index contributed by atoms with van der Waals surface area (Å²) in [6.07, 6.45) is 0. The number of rotatable bonds is 5. The van der Waals surface area contributed by atoms with Gasteiger partial charge < -0.3 is 20.6 Å². The Morgan fingerprint density at radius 1 is 1.27 bits per heavy atom. The molecule has 0 saturated carbocycles. The first kappa shape index (κ1) is 11.5. The minimum Gasteiger partial charge on any atom is -0.504 e. The molecule has 15 heavy (non-hydrogen) atoms. The number of hydrogen-bond acceptors (Lipinski definition) is 5. The van der Waals surface area contributed by atoms with E-state index >= 15 is 0 Å². The molecule has 0 amide bonds. The first-order valence-corrected chi connectivity index (χ1v) is 4.52. The molecular formula is C10H13NO4. The van der Waals surface area contributed by atoms with Gasteiger partial charge in [-0.3, -0.25) is 4.79 Å². The van der Waals surface area contributed by atoms with Crippen molar-refractivity contribution >= 4 is 5.78 Å². The van der Waals surface area contributed by atoms with E-state index in [2.05, 4.69) is 5.32 Å². The number of aromatic hydroxyl groups is 2. The number of phenols is 2. The Kier molecular flexibility index (Phi) is 4.08. The highest BCUT2D eigenvalue weighted by Crippen LogP contribution is 2.24. The molecule has 0 unspecified atom stereocenters. The van der Waals surface area contributed by atoms with E-state index in [0.717, 1.165) is 0 Å². The maximum Gasteiger partial charge on any atom is 0.176 e. The topological polar surface area (TPSA) is 89.8 Å². The van der Waals surface area contributed by atoms with Gasteiger partial charge in [0.2, 0.25) is 0 Å². The molecule has 1 aromatic rings. The number of carbonyl (C=O) groups is 1. The minimum absolute atomic E-state index is 0.0336. The number of aliphatic hydroxyl groups is 1. The molecule has 4 N–H and O–H groups in total. The molecule has 0 radical (unpaired) electrons. The van der Waals surface area contributed by atoms with Crippen molar-refractivity contribution in [1.82, 2.24) is 5.32 Å². The largest absolute Gasteiger partial charge is 0.504 e. The number of nitrogens with one attached hydrogen (secondary N) is 1. The average molecular weight is 211 g/mol. The Bertz CT molecular complexity index is 351. The maximum absolute atomic E-state index is 11.4. The Hall–Kier alpha value is -1.59. The maximum atomic E-state index is 11.4. The van der Waals surface area contributed by atoms with E-state index in [1.54, 1.807) is 0 Å². The van der Waals surface area contributed by atoms with Gasteiger partial charge in [-0.25, -0.2) is 0 Å². The van der Waals surface area contributed by atoms with E-state index in [9.17, 15) is 4.79 Å². The van der Waals surface area contributed by atoms with Gasteiger partial charge in [0.25, 0.3) is 0 Å². The van der Waals surface area contributed by atoms with Crippen LogP contribution in [0.1, 0.15) is 10.4 Å². The fraction of sp³-hybridized carbons (Fsp3) is 0.300. The van der Waals surface area contributed by atoms with Crippen LogP contribution >= 0.6 is 0 Å². The molecular weight excluding hydrogens is 198 g/mol. The molecule has 0 spiro atoms. The summed E-state index contributed by atoms with van der Waals surface area (Å²) in [5.41, 5.74) is 0.315. The Morgan fingerprint density at radius 3 is 2.60 bits per heavy atom. The molecule has 0 saturated heterocycles. The van der Waals surface area contributed by atoms with Crippen LogP contribution in [0.25, 0.3) is 0 Å². The molecule has 5 heteroatoms. The predicted octanol–water partition coefficient (Wildman–Crippen LogP) is -0.138. The highest BCUT2D eigenvalue weighted by atomic mass is 16.3. The van der Waals surface area contributed by atoms with Gasteiger partial charge >= 0.3 is 0 Å². The van der Waals surface area contributed by atoms with E-state index in [-0.39, 0.29) is 30.4 Å². The minimum atomic E-state index is -0.317. The third kappa shape index (κ3) is 3.23. The first-order valence-electron chi connectivity index (χ1n) is 4.52. The standard InChI is InChI=1S/C10H13NO4/c12-4-3-11-6-10(15)7-1-2-8(13)9(14)5-7/h1-2,5,11-14H,3-4,6H2. The average Bonchev–Trinajstić information content (AvgIpc) is 2.22. The van der Waals surface area contributed by atoms with E-state index in [1.807, 2.05) is 0 Å². The second-order valence-electron chi connectivity index (χ2n) is 3.03. The Morgan fingerprint density at radius 2 is 2.00 bits per heavy atom. The van der Waals surface area contributed by atoms with Crippen LogP contribution in [0.3, 0.4) is 0 Å². The van der Waals surface area contributed by atoms with Crippen molar-refractivity contribution < 1.29 is 20.1 Å². The monoisotopic (exact) mass is 211 g/mol. The van der Waals surface area contributed by atoms with Crippen molar-refractivity contribution in [2.75, 3.05) is 19.7 Å². The third-order valence-corrected chi connectivity index (χ3v) is 1.87. The van der Waals surface area contributed by atoms with Crippen molar-refractivity contribution in [2.24, 2.45) is 0 Å². The second kappa shape index (κ2) is 5.33. The van der Waals surface area contributed by atoms with Crippen molar-refractivity contribution in [3.8, 4) is 11.5 Å². The zero-order valence-electron chi connectivity index (χ0n) is 8.10. The van der Waals surface area contributed by atoms with Gasteiger partial charge in [-0.15, -0.1) is 0 Å². The Balaban J connectivity index is 2.62. The van der Waals surface area contributed by atoms with E-state index in [1.165, 1.54) is 18.2 Å². The normalized spacial score (nSPS) is 10.2. The number of benzene rings is 1. The lowest BCUT2D eigenvalue weighted by Gasteiger charge is -2.03. The van der Waals surface area contributed by atoms with Gasteiger partial charge in [0.05, 0.1) is 13.2 Å². The van der Waals surface area contributed by atoms with Gasteiger partial charge in [-0.05, 0) is 18.2 Å². The van der Waals surface area contributed by atoms with Gasteiger partial charge in [0.15, 0.2) is 17.3 Å². The number of carbonyl (C=O) groups excluding carboxylic acids is 1. The van der Waals surface area contributed by atoms with Crippen molar-refractivity contribution in [3.05, 3.63) is 23.8 Å². The number of Topliss-reactive ketones (excluding diaryl/α,β-unsaturated/α-hetero) is 1. The molecule has 0 fully saturated rings. The Labute approximate surface area is 87.0 Å². The van der Waals surface area contributed by atoms with Gasteiger partial charge in [0, 0.05) is 12.1 Å². The number of ketones is 1. The first-order chi connectivity index (χ1) is 7.15. The molecule has 0 aliphatic rings. The summed E-state index contributed by atoms with van der Waals surface area (Å²) >= 11 is 0. The lowest BCUT2D eigenvalue weighted by molar-refractivity contribution is 0.0989. The fourth-order valence-corrected chi connectivity index (χ4v) is 1.08. The van der Waals surface area contributed by atoms with Gasteiger partial charge in [-0.2, -0.15) is 0 Å². The summed E-state index contributed by atoms with van der Waals surface area (Å²) in [6, 6.07) is 3.89. The van der Waals surface area contributed by atoms with Crippen LogP contribution in [0.5, 0.6) is 11.5 Å². The van der Waals surface area contributed by atoms with Crippen molar-refractivity contribution in [3.63, 3.8) is 0 Å². The molecule has 0 atom stereocenters. The molecule has 1 aromatic carbocycles. The molecule has 0 aliphatic carbocycles. The zero-order chi connectivity index (χ0) is 11.3. The predicted molar refractivity (Wildman–Crippen MR) is 54.1 cm³/mol. The highest BCUT2D eigenvalue weighted by molar-refractivity contribution is 5.98. The SMILES string of the molecule is O=C(CNCCO)c1ccc(O)c(O)c1. The third-order valence-electron chi connectivity index (χ3n) is 1.87. The molecule has 0 aromatic heterocycles. The van der Waals surface area contributed by atoms with Crippen molar-refractivity contribution in [1.29, 1.82) is 0 Å². The summed E-state index contributed by atoms with van der Waals surface area (Å²) in [5.74, 6) is -0.781. The smallest absolute Gasteiger partial charge is 0.176 e. The van der Waals surface area contributed by atoms with Crippen LogP contribution in [0.15, 0.2) is 18.2 Å². The lowest BCUT2D eigenvalue weighted by atomic mass is 10.1. The molecule has 0 heterocycles. The summed E-state index contributed by atoms with van der Waals surface area (Å²) in [5, 5.41) is 29.4. The summed E-state index contributed by atoms with van der Waals surface area (Å²) in [7, 11) is 0. The molecule has 0 aliphatic heterocycles. The number of aliphatic hydroxyl groups excluding tert-OH is 1. The zero-order valence-corrected chi connectivity index (χ0v) is 8.10. The van der Waals surface area contributed by atoms with Crippen LogP contribution in [0, 0.1) is 0 Å². The molecule has 1 rings (SSSR count). The fourth-order valence-electron chi connectivity index (χ4n) is 1.08. The highest BCUT2D eigenvalue weighted by Gasteiger charge is 2.07. The van der Waals surface area contributed by atoms with Crippen molar-refractivity contribution in [2.45, 2.75) is 0 Å². The second-order valence-corrected chi connectivity index (χ2v) is 3.03. The lowest BCUT2D eigenvalue weighted by Crippen LogP contribution is -2.25. The van der Waals surface area contributed by atoms with E-state index in [4.69, 9.17) is 15.3 Å². The molecule has 5 nitrogen and oxygen atoms in total. The molecule has 82 valence electrons.